The minimum absolute atomic E-state index is 0.0292. The van der Waals surface area contributed by atoms with E-state index in [0.29, 0.717) is 35.5 Å². The number of anilines is 6. The lowest BCUT2D eigenvalue weighted by atomic mass is 9.74. The molecule has 5 aliphatic rings. The summed E-state index contributed by atoms with van der Waals surface area (Å²) >= 11 is 0. The Morgan fingerprint density at radius 1 is 0.300 bits per heavy atom. The maximum absolute atomic E-state index is 2.65. The van der Waals surface area contributed by atoms with Gasteiger partial charge in [0, 0.05) is 55.5 Å². The normalized spacial score (nSPS) is 15.8. The molecule has 0 amide bonds. The highest BCUT2D eigenvalue weighted by molar-refractivity contribution is 5.96. The number of nitrogens with zero attached hydrogens (tertiary/aromatic N) is 2. The quantitative estimate of drug-likeness (QED) is 0.0845. The average molecular weight is 1440 g/mol. The van der Waals surface area contributed by atoms with Crippen molar-refractivity contribution < 1.29 is 0 Å². The maximum atomic E-state index is 2.65. The highest BCUT2D eigenvalue weighted by Crippen LogP contribution is 2.61. The van der Waals surface area contributed by atoms with Crippen LogP contribution in [0.1, 0.15) is 289 Å². The van der Waals surface area contributed by atoms with Gasteiger partial charge >= 0.3 is 0 Å². The molecular weight excluding hydrogens is 1330 g/mol. The van der Waals surface area contributed by atoms with Gasteiger partial charge < -0.3 is 9.80 Å². The summed E-state index contributed by atoms with van der Waals surface area (Å²) in [5.41, 5.74) is 43.7. The molecule has 17 rings (SSSR count). The van der Waals surface area contributed by atoms with Crippen LogP contribution in [0, 0.1) is 0 Å². The van der Waals surface area contributed by atoms with Crippen molar-refractivity contribution in [3.63, 3.8) is 0 Å². The summed E-state index contributed by atoms with van der Waals surface area (Å²) in [7, 11) is 0. The molecule has 2 heteroatoms. The topological polar surface area (TPSA) is 6.48 Å². The van der Waals surface area contributed by atoms with Crippen LogP contribution in [0.5, 0.6) is 0 Å². The van der Waals surface area contributed by atoms with Crippen LogP contribution in [0.3, 0.4) is 0 Å². The number of benzene rings is 12. The van der Waals surface area contributed by atoms with Crippen molar-refractivity contribution in [1.82, 2.24) is 0 Å². The third kappa shape index (κ3) is 11.8. The number of hydrogen-bond acceptors (Lipinski definition) is 2. The molecule has 1 unspecified atom stereocenters. The third-order valence-corrected chi connectivity index (χ3v) is 27.5. The summed E-state index contributed by atoms with van der Waals surface area (Å²) in [5, 5.41) is 0. The first-order chi connectivity index (χ1) is 52.5. The molecule has 0 radical (unpaired) electrons. The van der Waals surface area contributed by atoms with Crippen molar-refractivity contribution >= 4 is 34.1 Å². The third-order valence-electron chi connectivity index (χ3n) is 27.5. The molecule has 2 nitrogen and oxygen atoms in total. The largest absolute Gasteiger partial charge is 0.310 e. The van der Waals surface area contributed by atoms with Crippen LogP contribution in [-0.4, -0.2) is 0 Å². The van der Waals surface area contributed by atoms with Crippen LogP contribution >= 0.6 is 0 Å². The zero-order valence-corrected chi connectivity index (χ0v) is 69.1. The molecule has 0 heterocycles. The molecule has 110 heavy (non-hydrogen) atoms. The van der Waals surface area contributed by atoms with Crippen LogP contribution in [0.2, 0.25) is 0 Å². The second kappa shape index (κ2) is 27.0. The Morgan fingerprint density at radius 3 is 1.11 bits per heavy atom. The highest BCUT2D eigenvalue weighted by Gasteiger charge is 2.47. The summed E-state index contributed by atoms with van der Waals surface area (Å²) in [6.07, 6.45) is 6.97. The smallest absolute Gasteiger partial charge is 0.0540 e. The van der Waals surface area contributed by atoms with Crippen molar-refractivity contribution in [3.05, 3.63) is 320 Å². The Bertz CT molecular complexity index is 5620. The highest BCUT2D eigenvalue weighted by atomic mass is 15.2. The van der Waals surface area contributed by atoms with Gasteiger partial charge in [-0.05, 0) is 278 Å². The van der Waals surface area contributed by atoms with E-state index in [1.54, 1.807) is 0 Å². The lowest BCUT2D eigenvalue weighted by molar-refractivity contribution is 0.440. The predicted octanol–water partition coefficient (Wildman–Crippen LogP) is 31.2. The van der Waals surface area contributed by atoms with Crippen molar-refractivity contribution in [2.75, 3.05) is 9.80 Å². The first-order valence-corrected chi connectivity index (χ1v) is 41.8. The van der Waals surface area contributed by atoms with Gasteiger partial charge in [0.05, 0.1) is 11.4 Å². The van der Waals surface area contributed by atoms with Gasteiger partial charge in [-0.2, -0.15) is 0 Å². The van der Waals surface area contributed by atoms with Gasteiger partial charge in [0.25, 0.3) is 0 Å². The van der Waals surface area contributed by atoms with Crippen molar-refractivity contribution in [1.29, 1.82) is 0 Å². The average Bonchev–Trinajstić information content (AvgIpc) is 1.53. The van der Waals surface area contributed by atoms with Gasteiger partial charge in [-0.25, -0.2) is 0 Å². The van der Waals surface area contributed by atoms with E-state index in [2.05, 4.69) is 378 Å². The van der Waals surface area contributed by atoms with Gasteiger partial charge in [0.15, 0.2) is 0 Å². The van der Waals surface area contributed by atoms with E-state index in [1.165, 1.54) is 210 Å². The van der Waals surface area contributed by atoms with Gasteiger partial charge in [-0.15, -0.1) is 0 Å². The molecule has 1 atom stereocenters. The SMILES string of the molecule is CC(C)c1cc(-c2cc(C(C)C)ccc2N(c2ccc3c(c2)C(C)(C)c2ccccc2-3)c2ccc3c(c2)C(C)(C)c2cccc(C(C)(C)CCC(C)c4cc(-c5cc(C(C)C)ccc5N(c5ccc6c(c5)C(C)(C)c5ccccc5-6)c5ccc6c(c5)C5(CCCC5)c5ccccc5-6)cc(C(C)C)c4)c2-3)cc(C(C)C)c1. The Morgan fingerprint density at radius 2 is 0.655 bits per heavy atom. The summed E-state index contributed by atoms with van der Waals surface area (Å²) in [4.78, 5) is 5.27. The molecule has 0 aliphatic heterocycles. The minimum atomic E-state index is -0.266. The Hall–Kier alpha value is -9.76. The van der Waals surface area contributed by atoms with Crippen LogP contribution in [0.15, 0.2) is 237 Å². The van der Waals surface area contributed by atoms with Gasteiger partial charge in [0.1, 0.15) is 0 Å². The molecule has 0 aromatic heterocycles. The summed E-state index contributed by atoms with van der Waals surface area (Å²) in [6, 6.07) is 94.5. The van der Waals surface area contributed by atoms with E-state index >= 15 is 0 Å². The molecular formula is C108H114N2. The molecule has 1 spiro atoms. The summed E-state index contributed by atoms with van der Waals surface area (Å²) in [6.45, 7) is 45.8. The van der Waals surface area contributed by atoms with Crippen molar-refractivity contribution in [2.24, 2.45) is 0 Å². The molecule has 0 bridgehead atoms. The first kappa shape index (κ1) is 73.1. The second-order valence-electron chi connectivity index (χ2n) is 37.5. The lowest BCUT2D eigenvalue weighted by Crippen LogP contribution is -2.21. The number of fused-ring (bicyclic) bond motifs is 14. The van der Waals surface area contributed by atoms with Gasteiger partial charge in [-0.3, -0.25) is 0 Å². The molecule has 0 N–H and O–H groups in total. The maximum Gasteiger partial charge on any atom is 0.0540 e. The fourth-order valence-electron chi connectivity index (χ4n) is 20.6. The van der Waals surface area contributed by atoms with Crippen LogP contribution in [0.25, 0.3) is 66.8 Å². The second-order valence-corrected chi connectivity index (χ2v) is 37.5. The molecule has 12 aromatic carbocycles. The Balaban J connectivity index is 0.748. The zero-order valence-electron chi connectivity index (χ0n) is 69.1. The fourth-order valence-corrected chi connectivity index (χ4v) is 20.6. The Labute approximate surface area is 659 Å². The first-order valence-electron chi connectivity index (χ1n) is 41.8. The van der Waals surface area contributed by atoms with Crippen LogP contribution in [-0.2, 0) is 27.1 Å². The standard InChI is InChI=1S/C108H114N2/c1-65(2)71-37-47-101(90(59-71)77-55-73(67(5)6)53-74(56-77)68(7)8)109(79-39-43-86-83-29-20-23-32-92(83)105(14,15)97(86)61-79)81-42-46-89-99(63-81)107(18,19)96-36-28-35-95(103(89)96)104(12,13)52-49-70(11)76-54-75(69(9)10)57-78(58-76)91-60-72(66(3)4)38-48-102(91)110(80-40-44-87-84-30-21-24-33-93(84)106(16,17)98(87)62-80)82-41-45-88-85-31-22-25-34-94(85)108(100(88)64-82)50-26-27-51-108/h20-25,28-48,53-70H,26-27,49-52H2,1-19H3. The molecule has 1 fully saturated rings. The minimum Gasteiger partial charge on any atom is -0.310 e. The van der Waals surface area contributed by atoms with E-state index in [9.17, 15) is 0 Å². The van der Waals surface area contributed by atoms with E-state index in [4.69, 9.17) is 0 Å². The fraction of sp³-hybridized carbons (Fsp3) is 0.333. The summed E-state index contributed by atoms with van der Waals surface area (Å²) in [5.74, 6) is 2.11. The van der Waals surface area contributed by atoms with Crippen molar-refractivity contribution in [2.45, 2.75) is 233 Å². The predicted molar refractivity (Wildman–Crippen MR) is 472 cm³/mol. The summed E-state index contributed by atoms with van der Waals surface area (Å²) < 4.78 is 0. The van der Waals surface area contributed by atoms with E-state index in [1.807, 2.05) is 0 Å². The van der Waals surface area contributed by atoms with Gasteiger partial charge in [0.2, 0.25) is 0 Å². The van der Waals surface area contributed by atoms with E-state index in [-0.39, 0.29) is 27.1 Å². The van der Waals surface area contributed by atoms with Crippen LogP contribution in [0.4, 0.5) is 34.1 Å². The van der Waals surface area contributed by atoms with Crippen molar-refractivity contribution in [3.8, 4) is 66.8 Å². The monoisotopic (exact) mass is 1440 g/mol. The molecule has 556 valence electrons. The van der Waals surface area contributed by atoms with Crippen LogP contribution < -0.4 is 9.80 Å². The number of hydrogen-bond donors (Lipinski definition) is 0. The lowest BCUT2D eigenvalue weighted by Gasteiger charge is -2.32. The molecule has 5 aliphatic carbocycles. The van der Waals surface area contributed by atoms with E-state index in [0.717, 1.165) is 12.8 Å². The van der Waals surface area contributed by atoms with E-state index < -0.39 is 0 Å². The molecule has 12 aromatic rings. The molecule has 1 saturated carbocycles. The molecule has 0 saturated heterocycles. The van der Waals surface area contributed by atoms with Gasteiger partial charge in [-0.1, -0.05) is 308 Å². The number of rotatable bonds is 18. The Kier molecular flexibility index (Phi) is 18.0. The zero-order chi connectivity index (χ0) is 77.0.